The number of anilines is 2. The van der Waals surface area contributed by atoms with Crippen molar-refractivity contribution in [1.29, 1.82) is 0 Å². The second-order valence-electron chi connectivity index (χ2n) is 7.76. The van der Waals surface area contributed by atoms with Crippen molar-refractivity contribution in [2.24, 2.45) is 5.92 Å². The number of amides is 2. The fourth-order valence-electron chi connectivity index (χ4n) is 2.92. The molecule has 0 fully saturated rings. The van der Waals surface area contributed by atoms with Gasteiger partial charge in [-0.3, -0.25) is 10.3 Å². The van der Waals surface area contributed by atoms with Gasteiger partial charge in [0.05, 0.1) is 18.5 Å². The molecule has 0 saturated carbocycles. The summed E-state index contributed by atoms with van der Waals surface area (Å²) >= 11 is 0.867. The molecule has 174 valence electrons. The monoisotopic (exact) mass is 486 g/mol. The highest BCUT2D eigenvalue weighted by atomic mass is 32.2. The first-order chi connectivity index (χ1) is 15.7. The number of carbonyl (C=O) groups is 1. The number of urea groups is 1. The second-order valence-corrected chi connectivity index (χ2v) is 11.1. The van der Waals surface area contributed by atoms with Crippen molar-refractivity contribution >= 4 is 38.0 Å². The van der Waals surface area contributed by atoms with Gasteiger partial charge < -0.3 is 10.1 Å². The van der Waals surface area contributed by atoms with E-state index < -0.39 is 21.1 Å². The molecular formula is C23H26N4O4S2. The Kier molecular flexibility index (Phi) is 7.83. The molecular weight excluding hydrogens is 460 g/mol. The summed E-state index contributed by atoms with van der Waals surface area (Å²) in [5.41, 5.74) is 2.01. The maximum absolute atomic E-state index is 13.1. The Morgan fingerprint density at radius 3 is 2.70 bits per heavy atom. The summed E-state index contributed by atoms with van der Waals surface area (Å²) in [6.07, 6.45) is 5.63. The van der Waals surface area contributed by atoms with E-state index in [1.165, 1.54) is 18.5 Å². The first-order valence-electron chi connectivity index (χ1n) is 10.2. The predicted molar refractivity (Wildman–Crippen MR) is 131 cm³/mol. The van der Waals surface area contributed by atoms with Crippen molar-refractivity contribution in [2.45, 2.75) is 30.2 Å². The van der Waals surface area contributed by atoms with Crippen LogP contribution in [0.3, 0.4) is 0 Å². The van der Waals surface area contributed by atoms with Crippen LogP contribution in [0.5, 0.6) is 5.75 Å². The standard InChI is InChI=1S/C23H26N4O4S2/c1-5-20(17-7-6-10-24-12-17)33(29,30)21-13-25-23(32-21)27-22(28)26-18-9-8-16(4)11-19(18)31-14-15(2)3/h5-13,15,20H,1,14H2,2-4H3,(H2,25,26,27,28). The average molecular weight is 487 g/mol. The molecule has 0 saturated heterocycles. The Hall–Kier alpha value is -3.24. The summed E-state index contributed by atoms with van der Waals surface area (Å²) in [6, 6.07) is 8.24. The Morgan fingerprint density at radius 1 is 1.24 bits per heavy atom. The van der Waals surface area contributed by atoms with Gasteiger partial charge in [-0.15, -0.1) is 6.58 Å². The number of hydrogen-bond acceptors (Lipinski definition) is 7. The molecule has 0 bridgehead atoms. The van der Waals surface area contributed by atoms with Crippen LogP contribution in [0, 0.1) is 12.8 Å². The van der Waals surface area contributed by atoms with Crippen LogP contribution in [-0.2, 0) is 9.84 Å². The van der Waals surface area contributed by atoms with Crippen LogP contribution in [0.4, 0.5) is 15.6 Å². The minimum atomic E-state index is -3.80. The highest BCUT2D eigenvalue weighted by Gasteiger charge is 2.29. The van der Waals surface area contributed by atoms with E-state index in [4.69, 9.17) is 4.74 Å². The van der Waals surface area contributed by atoms with E-state index in [0.29, 0.717) is 29.5 Å². The number of rotatable bonds is 9. The van der Waals surface area contributed by atoms with Crippen LogP contribution in [0.1, 0.15) is 30.2 Å². The SMILES string of the molecule is C=CC(c1cccnc1)S(=O)(=O)c1cnc(NC(=O)Nc2ccc(C)cc2OCC(C)C)s1. The van der Waals surface area contributed by atoms with Gasteiger partial charge >= 0.3 is 6.03 Å². The van der Waals surface area contributed by atoms with E-state index >= 15 is 0 Å². The largest absolute Gasteiger partial charge is 0.491 e. The summed E-state index contributed by atoms with van der Waals surface area (Å²) in [5, 5.41) is 4.50. The summed E-state index contributed by atoms with van der Waals surface area (Å²) in [7, 11) is -3.80. The predicted octanol–water partition coefficient (Wildman–Crippen LogP) is 5.23. The normalized spacial score (nSPS) is 12.2. The fourth-order valence-corrected chi connectivity index (χ4v) is 5.68. The third-order valence-corrected chi connectivity index (χ3v) is 7.96. The van der Waals surface area contributed by atoms with Gasteiger partial charge in [-0.25, -0.2) is 18.2 Å². The maximum atomic E-state index is 13.1. The number of carbonyl (C=O) groups excluding carboxylic acids is 1. The minimum absolute atomic E-state index is 0.0165. The molecule has 0 spiro atoms. The van der Waals surface area contributed by atoms with Gasteiger partial charge in [0, 0.05) is 12.4 Å². The van der Waals surface area contributed by atoms with Gasteiger partial charge in [0.15, 0.2) is 15.0 Å². The Balaban J connectivity index is 1.73. The molecule has 3 aromatic rings. The van der Waals surface area contributed by atoms with Crippen molar-refractivity contribution < 1.29 is 17.9 Å². The maximum Gasteiger partial charge on any atom is 0.325 e. The van der Waals surface area contributed by atoms with Crippen molar-refractivity contribution in [3.8, 4) is 5.75 Å². The zero-order valence-corrected chi connectivity index (χ0v) is 20.2. The zero-order chi connectivity index (χ0) is 24.0. The third kappa shape index (κ3) is 6.17. The van der Waals surface area contributed by atoms with Crippen LogP contribution in [-0.4, -0.2) is 31.0 Å². The van der Waals surface area contributed by atoms with E-state index in [0.717, 1.165) is 16.9 Å². The zero-order valence-electron chi connectivity index (χ0n) is 18.6. The third-order valence-electron chi connectivity index (χ3n) is 4.50. The lowest BCUT2D eigenvalue weighted by atomic mass is 10.2. The smallest absolute Gasteiger partial charge is 0.325 e. The number of thiazole rings is 1. The molecule has 1 atom stereocenters. The average Bonchev–Trinajstić information content (AvgIpc) is 3.24. The van der Waals surface area contributed by atoms with Crippen molar-refractivity contribution in [3.63, 3.8) is 0 Å². The second kappa shape index (κ2) is 10.6. The number of nitrogens with zero attached hydrogens (tertiary/aromatic N) is 2. The minimum Gasteiger partial charge on any atom is -0.491 e. The van der Waals surface area contributed by atoms with Crippen molar-refractivity contribution in [1.82, 2.24) is 9.97 Å². The van der Waals surface area contributed by atoms with Gasteiger partial charge in [-0.1, -0.05) is 43.4 Å². The number of pyridine rings is 1. The van der Waals surface area contributed by atoms with E-state index in [2.05, 4.69) is 27.2 Å². The van der Waals surface area contributed by atoms with E-state index in [1.807, 2.05) is 32.9 Å². The summed E-state index contributed by atoms with van der Waals surface area (Å²) < 4.78 is 32.0. The van der Waals surface area contributed by atoms with Gasteiger partial charge in [0.2, 0.25) is 0 Å². The van der Waals surface area contributed by atoms with E-state index in [1.54, 1.807) is 24.4 Å². The van der Waals surface area contributed by atoms with Gasteiger partial charge in [-0.2, -0.15) is 0 Å². The molecule has 0 aliphatic carbocycles. The molecule has 0 aliphatic heterocycles. The number of sulfone groups is 1. The number of hydrogen-bond donors (Lipinski definition) is 2. The number of aromatic nitrogens is 2. The molecule has 8 nitrogen and oxygen atoms in total. The summed E-state index contributed by atoms with van der Waals surface area (Å²) in [6.45, 7) is 10.2. The number of aryl methyl sites for hydroxylation is 1. The topological polar surface area (TPSA) is 110 Å². The Labute approximate surface area is 197 Å². The van der Waals surface area contributed by atoms with Crippen LogP contribution in [0.2, 0.25) is 0 Å². The van der Waals surface area contributed by atoms with E-state index in [-0.39, 0.29) is 9.34 Å². The first-order valence-corrected chi connectivity index (χ1v) is 12.6. The molecule has 2 amide bonds. The number of ether oxygens (including phenoxy) is 1. The lowest BCUT2D eigenvalue weighted by molar-refractivity contribution is 0.260. The first kappa shape index (κ1) is 24.4. The summed E-state index contributed by atoms with van der Waals surface area (Å²) in [4.78, 5) is 20.6. The fraction of sp³-hybridized carbons (Fsp3) is 0.261. The lowest BCUT2D eigenvalue weighted by Crippen LogP contribution is -2.20. The van der Waals surface area contributed by atoms with Crippen molar-refractivity contribution in [3.05, 3.63) is 72.7 Å². The molecule has 1 aromatic carbocycles. The highest BCUT2D eigenvalue weighted by molar-refractivity contribution is 7.93. The Bertz CT molecular complexity index is 1220. The molecule has 2 heterocycles. The molecule has 3 rings (SSSR count). The Morgan fingerprint density at radius 2 is 2.03 bits per heavy atom. The molecule has 0 radical (unpaired) electrons. The number of benzene rings is 1. The van der Waals surface area contributed by atoms with Crippen molar-refractivity contribution in [2.75, 3.05) is 17.2 Å². The van der Waals surface area contributed by atoms with Gasteiger partial charge in [-0.05, 0) is 42.2 Å². The quantitative estimate of drug-likeness (QED) is 0.401. The van der Waals surface area contributed by atoms with Crippen LogP contribution in [0.25, 0.3) is 0 Å². The van der Waals surface area contributed by atoms with Crippen LogP contribution < -0.4 is 15.4 Å². The molecule has 1 unspecified atom stereocenters. The molecule has 2 aromatic heterocycles. The van der Waals surface area contributed by atoms with E-state index in [9.17, 15) is 13.2 Å². The highest BCUT2D eigenvalue weighted by Crippen LogP contribution is 2.34. The number of nitrogens with one attached hydrogen (secondary N) is 2. The summed E-state index contributed by atoms with van der Waals surface area (Å²) in [5.74, 6) is 0.889. The van der Waals surface area contributed by atoms with Crippen LogP contribution in [0.15, 0.2) is 65.8 Å². The van der Waals surface area contributed by atoms with Gasteiger partial charge in [0.25, 0.3) is 0 Å². The molecule has 10 heteroatoms. The molecule has 0 aliphatic rings. The van der Waals surface area contributed by atoms with Gasteiger partial charge in [0.1, 0.15) is 15.2 Å². The molecule has 33 heavy (non-hydrogen) atoms. The lowest BCUT2D eigenvalue weighted by Gasteiger charge is -2.14. The molecule has 2 N–H and O–H groups in total. The van der Waals surface area contributed by atoms with Crippen LogP contribution >= 0.6 is 11.3 Å².